The number of hydrogen-bond acceptors (Lipinski definition) is 8. The van der Waals surface area contributed by atoms with Crippen molar-refractivity contribution in [2.45, 2.75) is 13.5 Å². The molecule has 1 aliphatic heterocycles. The first-order valence-electron chi connectivity index (χ1n) is 9.79. The van der Waals surface area contributed by atoms with E-state index in [9.17, 15) is 0 Å². The van der Waals surface area contributed by atoms with Crippen molar-refractivity contribution in [2.24, 2.45) is 0 Å². The number of halogens is 2. The van der Waals surface area contributed by atoms with E-state index in [1.165, 1.54) is 5.56 Å². The van der Waals surface area contributed by atoms with Gasteiger partial charge in [0, 0.05) is 49.0 Å². The molecule has 0 spiro atoms. The largest absolute Gasteiger partial charge is 0.334 e. The number of piperazine rings is 1. The van der Waals surface area contributed by atoms with Gasteiger partial charge in [0.1, 0.15) is 5.82 Å². The molecular weight excluding hydrogens is 484 g/mol. The Hall–Kier alpha value is -2.53. The predicted molar refractivity (Wildman–Crippen MR) is 125 cm³/mol. The molecule has 1 aromatic carbocycles. The van der Waals surface area contributed by atoms with Crippen LogP contribution in [0.1, 0.15) is 11.4 Å². The number of pyridine rings is 1. The molecule has 0 radical (unpaired) electrons. The SMILES string of the molecule is Cc1noc(-c2ccc3nc(Nc4cc(CN5CCNCC5)c(Br)cn4)[nH]c3c2)n1.Cl. The van der Waals surface area contributed by atoms with E-state index >= 15 is 0 Å². The van der Waals surface area contributed by atoms with Crippen molar-refractivity contribution in [3.63, 3.8) is 0 Å². The van der Waals surface area contributed by atoms with Crippen LogP contribution < -0.4 is 10.6 Å². The molecule has 0 atom stereocenters. The normalized spacial score (nSPS) is 14.5. The zero-order chi connectivity index (χ0) is 20.5. The Bertz CT molecular complexity index is 1190. The van der Waals surface area contributed by atoms with Gasteiger partial charge in [-0.1, -0.05) is 5.16 Å². The lowest BCUT2D eigenvalue weighted by molar-refractivity contribution is 0.233. The molecule has 4 aromatic rings. The maximum Gasteiger partial charge on any atom is 0.257 e. The number of hydrogen-bond donors (Lipinski definition) is 3. The second kappa shape index (κ2) is 9.31. The van der Waals surface area contributed by atoms with Crippen LogP contribution in [-0.2, 0) is 6.54 Å². The fourth-order valence-corrected chi connectivity index (χ4v) is 3.86. The number of fused-ring (bicyclic) bond motifs is 1. The van der Waals surface area contributed by atoms with Crippen molar-refractivity contribution in [2.75, 3.05) is 31.5 Å². The summed E-state index contributed by atoms with van der Waals surface area (Å²) in [4.78, 5) is 19.1. The molecule has 11 heteroatoms. The summed E-state index contributed by atoms with van der Waals surface area (Å²) >= 11 is 3.63. The molecule has 0 amide bonds. The Morgan fingerprint density at radius 3 is 2.81 bits per heavy atom. The van der Waals surface area contributed by atoms with Gasteiger partial charge in [-0.3, -0.25) is 4.90 Å². The standard InChI is InChI=1S/C20H21BrN8O.ClH/c1-12-24-19(30-28-12)13-2-3-16-17(8-13)26-20(25-16)27-18-9-14(15(21)10-23-18)11-29-6-4-22-5-7-29;/h2-3,8-10,22H,4-7,11H2,1H3,(H2,23,25,26,27);1H. The summed E-state index contributed by atoms with van der Waals surface area (Å²) in [6.45, 7) is 6.82. The topological polar surface area (TPSA) is 108 Å². The van der Waals surface area contributed by atoms with Gasteiger partial charge in [0.25, 0.3) is 5.89 Å². The summed E-state index contributed by atoms with van der Waals surface area (Å²) in [5.41, 5.74) is 3.76. The molecule has 0 unspecified atom stereocenters. The lowest BCUT2D eigenvalue weighted by Gasteiger charge is -2.27. The minimum absolute atomic E-state index is 0. The Kier molecular flexibility index (Phi) is 6.51. The number of aromatic amines is 1. The fourth-order valence-electron chi connectivity index (χ4n) is 3.52. The van der Waals surface area contributed by atoms with Crippen LogP contribution in [0, 0.1) is 6.92 Å². The van der Waals surface area contributed by atoms with E-state index in [1.807, 2.05) is 24.4 Å². The van der Waals surface area contributed by atoms with Crippen molar-refractivity contribution >= 4 is 51.1 Å². The van der Waals surface area contributed by atoms with Crippen molar-refractivity contribution in [1.29, 1.82) is 0 Å². The van der Waals surface area contributed by atoms with E-state index in [-0.39, 0.29) is 12.4 Å². The summed E-state index contributed by atoms with van der Waals surface area (Å²) in [6.07, 6.45) is 1.83. The average molecular weight is 506 g/mol. The van der Waals surface area contributed by atoms with E-state index in [4.69, 9.17) is 4.52 Å². The average Bonchev–Trinajstić information content (AvgIpc) is 3.36. The molecule has 0 bridgehead atoms. The molecule has 0 aliphatic carbocycles. The van der Waals surface area contributed by atoms with Crippen LogP contribution in [0.2, 0.25) is 0 Å². The summed E-state index contributed by atoms with van der Waals surface area (Å²) in [5, 5.41) is 10.5. The molecule has 3 N–H and O–H groups in total. The third kappa shape index (κ3) is 4.87. The van der Waals surface area contributed by atoms with Crippen LogP contribution in [0.25, 0.3) is 22.5 Å². The van der Waals surface area contributed by atoms with Gasteiger partial charge in [0.05, 0.1) is 11.0 Å². The van der Waals surface area contributed by atoms with E-state index in [2.05, 4.69) is 62.6 Å². The Balaban J connectivity index is 0.00000231. The first-order chi connectivity index (χ1) is 14.6. The quantitative estimate of drug-likeness (QED) is 0.377. The number of benzene rings is 1. The van der Waals surface area contributed by atoms with Crippen molar-refractivity contribution in [3.8, 4) is 11.5 Å². The molecule has 1 aliphatic rings. The van der Waals surface area contributed by atoms with Gasteiger partial charge in [-0.15, -0.1) is 12.4 Å². The van der Waals surface area contributed by atoms with Crippen molar-refractivity contribution < 1.29 is 4.52 Å². The third-order valence-corrected chi connectivity index (χ3v) is 5.76. The molecule has 4 heterocycles. The number of anilines is 2. The van der Waals surface area contributed by atoms with E-state index in [0.29, 0.717) is 17.7 Å². The molecule has 1 saturated heterocycles. The van der Waals surface area contributed by atoms with Gasteiger partial charge in [-0.25, -0.2) is 9.97 Å². The van der Waals surface area contributed by atoms with E-state index in [1.54, 1.807) is 6.92 Å². The monoisotopic (exact) mass is 504 g/mol. The maximum absolute atomic E-state index is 5.26. The number of aromatic nitrogens is 5. The van der Waals surface area contributed by atoms with Gasteiger partial charge < -0.3 is 20.1 Å². The van der Waals surface area contributed by atoms with Gasteiger partial charge in [0.15, 0.2) is 5.82 Å². The van der Waals surface area contributed by atoms with Crippen LogP contribution in [-0.4, -0.2) is 56.2 Å². The molecular formula is C20H22BrClN8O. The maximum atomic E-state index is 5.26. The molecule has 1 fully saturated rings. The summed E-state index contributed by atoms with van der Waals surface area (Å²) in [6, 6.07) is 7.86. The lowest BCUT2D eigenvalue weighted by Crippen LogP contribution is -2.42. The number of nitrogens with one attached hydrogen (secondary N) is 3. The zero-order valence-electron chi connectivity index (χ0n) is 16.9. The van der Waals surface area contributed by atoms with Crippen molar-refractivity contribution in [3.05, 3.63) is 46.3 Å². The van der Waals surface area contributed by atoms with Gasteiger partial charge in [0.2, 0.25) is 5.95 Å². The Labute approximate surface area is 193 Å². The molecule has 5 rings (SSSR count). The highest BCUT2D eigenvalue weighted by Crippen LogP contribution is 2.25. The highest BCUT2D eigenvalue weighted by Gasteiger charge is 2.14. The first kappa shape index (κ1) is 21.7. The summed E-state index contributed by atoms with van der Waals surface area (Å²) in [5.74, 6) is 2.47. The number of imidazole rings is 1. The molecule has 3 aromatic heterocycles. The van der Waals surface area contributed by atoms with Crippen molar-refractivity contribution in [1.82, 2.24) is 35.3 Å². The van der Waals surface area contributed by atoms with Crippen LogP contribution in [0.15, 0.2) is 39.5 Å². The van der Waals surface area contributed by atoms with Crippen LogP contribution in [0.5, 0.6) is 0 Å². The summed E-state index contributed by atoms with van der Waals surface area (Å²) in [7, 11) is 0. The van der Waals surface area contributed by atoms with Gasteiger partial charge in [-0.05, 0) is 52.7 Å². The van der Waals surface area contributed by atoms with Crippen LogP contribution >= 0.6 is 28.3 Å². The van der Waals surface area contributed by atoms with E-state index in [0.717, 1.165) is 59.6 Å². The first-order valence-corrected chi connectivity index (χ1v) is 10.6. The van der Waals surface area contributed by atoms with E-state index < -0.39 is 0 Å². The number of nitrogens with zero attached hydrogens (tertiary/aromatic N) is 5. The van der Waals surface area contributed by atoms with Crippen LogP contribution in [0.3, 0.4) is 0 Å². The molecule has 162 valence electrons. The Morgan fingerprint density at radius 1 is 1.19 bits per heavy atom. The second-order valence-electron chi connectivity index (χ2n) is 7.28. The highest BCUT2D eigenvalue weighted by atomic mass is 79.9. The highest BCUT2D eigenvalue weighted by molar-refractivity contribution is 9.10. The molecule has 9 nitrogen and oxygen atoms in total. The van der Waals surface area contributed by atoms with Crippen LogP contribution in [0.4, 0.5) is 11.8 Å². The minimum Gasteiger partial charge on any atom is -0.334 e. The third-order valence-electron chi connectivity index (χ3n) is 5.04. The van der Waals surface area contributed by atoms with Gasteiger partial charge >= 0.3 is 0 Å². The number of H-pyrrole nitrogens is 1. The number of aryl methyl sites for hydroxylation is 1. The fraction of sp³-hybridized carbons (Fsp3) is 0.300. The zero-order valence-corrected chi connectivity index (χ0v) is 19.3. The summed E-state index contributed by atoms with van der Waals surface area (Å²) < 4.78 is 6.26. The smallest absolute Gasteiger partial charge is 0.257 e. The lowest BCUT2D eigenvalue weighted by atomic mass is 10.2. The van der Waals surface area contributed by atoms with Gasteiger partial charge in [-0.2, -0.15) is 4.98 Å². The minimum atomic E-state index is 0. The predicted octanol–water partition coefficient (Wildman–Crippen LogP) is 3.65. The molecule has 31 heavy (non-hydrogen) atoms. The Morgan fingerprint density at radius 2 is 2.03 bits per heavy atom. The molecule has 0 saturated carbocycles. The number of rotatable bonds is 5. The second-order valence-corrected chi connectivity index (χ2v) is 8.13.